The zero-order chi connectivity index (χ0) is 19.4. The molecule has 0 aliphatic rings. The van der Waals surface area contributed by atoms with Crippen molar-refractivity contribution in [1.82, 2.24) is 14.0 Å². The summed E-state index contributed by atoms with van der Waals surface area (Å²) in [5, 5.41) is 0. The molecular formula is C22H16BrN3OS. The number of hydrogen-bond acceptors (Lipinski definition) is 3. The van der Waals surface area contributed by atoms with E-state index in [1.54, 1.807) is 4.40 Å². The number of rotatable bonds is 2. The first-order chi connectivity index (χ1) is 13.5. The van der Waals surface area contributed by atoms with E-state index in [1.165, 1.54) is 16.9 Å². The maximum absolute atomic E-state index is 13.1. The van der Waals surface area contributed by atoms with E-state index in [9.17, 15) is 4.79 Å². The number of halogens is 1. The largest absolute Gasteiger partial charge is 0.317 e. The van der Waals surface area contributed by atoms with Crippen LogP contribution in [0.2, 0.25) is 0 Å². The zero-order valence-corrected chi connectivity index (χ0v) is 17.7. The molecular weight excluding hydrogens is 434 g/mol. The van der Waals surface area contributed by atoms with Gasteiger partial charge in [-0.2, -0.15) is 0 Å². The highest BCUT2D eigenvalue weighted by molar-refractivity contribution is 9.10. The van der Waals surface area contributed by atoms with Gasteiger partial charge in [-0.3, -0.25) is 4.79 Å². The number of benzene rings is 2. The lowest BCUT2D eigenvalue weighted by molar-refractivity contribution is 1.06. The maximum atomic E-state index is 13.1. The topological polar surface area (TPSA) is 39.3 Å². The van der Waals surface area contributed by atoms with Crippen LogP contribution in [0.15, 0.2) is 64.0 Å². The summed E-state index contributed by atoms with van der Waals surface area (Å²) in [5.74, 6) is 0. The number of fused-ring (bicyclic) bond motifs is 3. The Kier molecular flexibility index (Phi) is 4.00. The average molecular weight is 450 g/mol. The summed E-state index contributed by atoms with van der Waals surface area (Å²) >= 11 is 4.95. The van der Waals surface area contributed by atoms with Crippen LogP contribution in [0.5, 0.6) is 0 Å². The molecule has 0 amide bonds. The van der Waals surface area contributed by atoms with Crippen LogP contribution in [0, 0.1) is 13.8 Å². The third-order valence-electron chi connectivity index (χ3n) is 5.00. The second kappa shape index (κ2) is 6.43. The van der Waals surface area contributed by atoms with Crippen molar-refractivity contribution in [1.29, 1.82) is 0 Å². The van der Waals surface area contributed by atoms with Gasteiger partial charge in [0, 0.05) is 22.1 Å². The molecule has 0 bridgehead atoms. The van der Waals surface area contributed by atoms with Gasteiger partial charge in [0.2, 0.25) is 0 Å². The number of nitrogens with zero attached hydrogens (tertiary/aromatic N) is 3. The van der Waals surface area contributed by atoms with Gasteiger partial charge in [0.25, 0.3) is 5.56 Å². The van der Waals surface area contributed by atoms with E-state index in [1.807, 2.05) is 54.7 Å². The standard InChI is InChI=1S/C22H16BrN3OS/c1-13-9-18-19(10-14(13)2)26-21(27)20(28-22(26)24-18)12-17-7-4-8-25(17)16-6-3-5-15(23)11-16/h3-12H,1-2H3/b20-12-. The Bertz CT molecular complexity index is 1480. The smallest absolute Gasteiger partial charge is 0.275 e. The van der Waals surface area contributed by atoms with Crippen molar-refractivity contribution in [2.45, 2.75) is 13.8 Å². The van der Waals surface area contributed by atoms with Gasteiger partial charge < -0.3 is 4.57 Å². The molecule has 4 nitrogen and oxygen atoms in total. The van der Waals surface area contributed by atoms with Crippen molar-refractivity contribution >= 4 is 49.3 Å². The van der Waals surface area contributed by atoms with Crippen LogP contribution in [0.3, 0.4) is 0 Å². The number of imidazole rings is 1. The second-order valence-corrected chi connectivity index (χ2v) is 8.78. The van der Waals surface area contributed by atoms with Crippen LogP contribution in [-0.4, -0.2) is 14.0 Å². The number of thiazole rings is 1. The first-order valence-electron chi connectivity index (χ1n) is 8.88. The summed E-state index contributed by atoms with van der Waals surface area (Å²) in [4.78, 5) is 18.5. The highest BCUT2D eigenvalue weighted by Gasteiger charge is 2.13. The van der Waals surface area contributed by atoms with Crippen molar-refractivity contribution in [2.75, 3.05) is 0 Å². The SMILES string of the molecule is Cc1cc2nc3s/c(=C\c4cccn4-c4cccc(Br)c4)c(=O)n3c2cc1C. The maximum Gasteiger partial charge on any atom is 0.275 e. The van der Waals surface area contributed by atoms with E-state index in [-0.39, 0.29) is 5.56 Å². The minimum absolute atomic E-state index is 0.0206. The summed E-state index contributed by atoms with van der Waals surface area (Å²) in [6.07, 6.45) is 3.94. The average Bonchev–Trinajstić information content (AvgIpc) is 3.33. The molecule has 0 N–H and O–H groups in total. The molecule has 0 aliphatic carbocycles. The highest BCUT2D eigenvalue weighted by atomic mass is 79.9. The Hall–Kier alpha value is -2.70. The third-order valence-corrected chi connectivity index (χ3v) is 6.46. The van der Waals surface area contributed by atoms with Crippen molar-refractivity contribution < 1.29 is 0 Å². The first-order valence-corrected chi connectivity index (χ1v) is 10.5. The van der Waals surface area contributed by atoms with E-state index in [4.69, 9.17) is 0 Å². The number of hydrogen-bond donors (Lipinski definition) is 0. The van der Waals surface area contributed by atoms with Gasteiger partial charge in [0.15, 0.2) is 4.96 Å². The van der Waals surface area contributed by atoms with E-state index < -0.39 is 0 Å². The van der Waals surface area contributed by atoms with Crippen LogP contribution in [0.4, 0.5) is 0 Å². The predicted octanol–water partition coefficient (Wildman–Crippen LogP) is 4.63. The van der Waals surface area contributed by atoms with Crippen LogP contribution in [0.25, 0.3) is 27.8 Å². The third kappa shape index (κ3) is 2.72. The molecule has 6 heteroatoms. The molecule has 0 unspecified atom stereocenters. The van der Waals surface area contributed by atoms with Gasteiger partial charge in [0.05, 0.1) is 15.6 Å². The lowest BCUT2D eigenvalue weighted by Gasteiger charge is -2.06. The molecule has 0 fully saturated rings. The van der Waals surface area contributed by atoms with Crippen molar-refractivity contribution in [2.24, 2.45) is 0 Å². The molecule has 0 saturated heterocycles. The lowest BCUT2D eigenvalue weighted by Crippen LogP contribution is -2.23. The van der Waals surface area contributed by atoms with Crippen LogP contribution in [0.1, 0.15) is 16.8 Å². The summed E-state index contributed by atoms with van der Waals surface area (Å²) in [6.45, 7) is 4.12. The Balaban J connectivity index is 1.72. The number of aromatic nitrogens is 3. The predicted molar refractivity (Wildman–Crippen MR) is 119 cm³/mol. The molecule has 5 aromatic rings. The molecule has 3 aromatic heterocycles. The Labute approximate surface area is 173 Å². The highest BCUT2D eigenvalue weighted by Crippen LogP contribution is 2.21. The van der Waals surface area contributed by atoms with Gasteiger partial charge >= 0.3 is 0 Å². The summed E-state index contributed by atoms with van der Waals surface area (Å²) < 4.78 is 5.49. The van der Waals surface area contributed by atoms with Crippen molar-refractivity contribution in [3.8, 4) is 5.69 Å². The fourth-order valence-electron chi connectivity index (χ4n) is 3.43. The monoisotopic (exact) mass is 449 g/mol. The van der Waals surface area contributed by atoms with Crippen LogP contribution < -0.4 is 10.1 Å². The van der Waals surface area contributed by atoms with Crippen LogP contribution in [-0.2, 0) is 0 Å². The van der Waals surface area contributed by atoms with Gasteiger partial charge in [0.1, 0.15) is 0 Å². The van der Waals surface area contributed by atoms with Gasteiger partial charge in [-0.25, -0.2) is 9.38 Å². The molecule has 0 aliphatic heterocycles. The molecule has 2 aromatic carbocycles. The van der Waals surface area contributed by atoms with E-state index in [2.05, 4.69) is 45.4 Å². The Morgan fingerprint density at radius 2 is 1.89 bits per heavy atom. The molecule has 0 saturated carbocycles. The van der Waals surface area contributed by atoms with Gasteiger partial charge in [-0.1, -0.05) is 33.3 Å². The first kappa shape index (κ1) is 17.4. The summed E-state index contributed by atoms with van der Waals surface area (Å²) in [7, 11) is 0. The normalized spacial score (nSPS) is 12.5. The Morgan fingerprint density at radius 1 is 1.07 bits per heavy atom. The van der Waals surface area contributed by atoms with E-state index in [0.29, 0.717) is 4.53 Å². The summed E-state index contributed by atoms with van der Waals surface area (Å²) in [5.41, 5.74) is 6.06. The Morgan fingerprint density at radius 3 is 2.71 bits per heavy atom. The van der Waals surface area contributed by atoms with Crippen LogP contribution >= 0.6 is 27.3 Å². The molecule has 28 heavy (non-hydrogen) atoms. The van der Waals surface area contributed by atoms with E-state index >= 15 is 0 Å². The molecule has 0 spiro atoms. The minimum Gasteiger partial charge on any atom is -0.317 e. The quantitative estimate of drug-likeness (QED) is 0.394. The summed E-state index contributed by atoms with van der Waals surface area (Å²) in [6, 6.07) is 16.2. The number of aryl methyl sites for hydroxylation is 2. The molecule has 138 valence electrons. The minimum atomic E-state index is -0.0206. The van der Waals surface area contributed by atoms with Crippen molar-refractivity contribution in [3.63, 3.8) is 0 Å². The van der Waals surface area contributed by atoms with E-state index in [0.717, 1.165) is 37.4 Å². The molecule has 0 radical (unpaired) electrons. The fourth-order valence-corrected chi connectivity index (χ4v) is 4.78. The second-order valence-electron chi connectivity index (χ2n) is 6.85. The molecule has 3 heterocycles. The fraction of sp³-hybridized carbons (Fsp3) is 0.0909. The van der Waals surface area contributed by atoms with Gasteiger partial charge in [-0.15, -0.1) is 0 Å². The lowest BCUT2D eigenvalue weighted by atomic mass is 10.1. The van der Waals surface area contributed by atoms with Gasteiger partial charge in [-0.05, 0) is 73.5 Å². The molecule has 0 atom stereocenters. The zero-order valence-electron chi connectivity index (χ0n) is 15.3. The molecule has 5 rings (SSSR count). The van der Waals surface area contributed by atoms with Crippen molar-refractivity contribution in [3.05, 3.63) is 90.9 Å².